The van der Waals surface area contributed by atoms with Crippen LogP contribution in [0.25, 0.3) is 10.8 Å². The summed E-state index contributed by atoms with van der Waals surface area (Å²) in [5.41, 5.74) is -1.49. The third-order valence-electron chi connectivity index (χ3n) is 6.37. The number of carboxylic acid groups (broad SMARTS) is 1. The van der Waals surface area contributed by atoms with E-state index in [9.17, 15) is 27.5 Å². The van der Waals surface area contributed by atoms with Gasteiger partial charge in [0.1, 0.15) is 17.7 Å². The smallest absolute Gasteiger partial charge is 0.418 e. The number of fused-ring (bicyclic) bond motifs is 5. The molecular weight excluding hydrogens is 408 g/mol. The second-order valence-electron chi connectivity index (χ2n) is 8.01. The summed E-state index contributed by atoms with van der Waals surface area (Å²) in [6, 6.07) is -1.21. The molecule has 5 heterocycles. The molecule has 11 heteroatoms. The molecule has 4 unspecified atom stereocenters. The summed E-state index contributed by atoms with van der Waals surface area (Å²) >= 11 is 0. The van der Waals surface area contributed by atoms with Gasteiger partial charge in [0.15, 0.2) is 0 Å². The third kappa shape index (κ3) is 2.46. The quantitative estimate of drug-likeness (QED) is 0.649. The largest absolute Gasteiger partial charge is 0.472 e. The number of piperazine rings is 1. The van der Waals surface area contributed by atoms with Crippen molar-refractivity contribution in [3.05, 3.63) is 23.3 Å². The summed E-state index contributed by atoms with van der Waals surface area (Å²) in [7, 11) is 0. The monoisotopic (exact) mass is 426 g/mol. The van der Waals surface area contributed by atoms with Crippen LogP contribution < -0.4 is 9.64 Å². The number of alkyl halides is 3. The van der Waals surface area contributed by atoms with Crippen molar-refractivity contribution in [1.82, 2.24) is 14.9 Å². The number of pyridine rings is 2. The molecule has 0 saturated carbocycles. The molecule has 1 N–H and O–H groups in total. The summed E-state index contributed by atoms with van der Waals surface area (Å²) in [6.45, 7) is 3.16. The molecule has 0 aromatic carbocycles. The molecule has 30 heavy (non-hydrogen) atoms. The lowest BCUT2D eigenvalue weighted by atomic mass is 9.97. The zero-order valence-electron chi connectivity index (χ0n) is 16.1. The van der Waals surface area contributed by atoms with Gasteiger partial charge in [0.2, 0.25) is 5.88 Å². The molecule has 3 aliphatic rings. The number of anilines is 1. The van der Waals surface area contributed by atoms with Crippen LogP contribution in [0.4, 0.5) is 28.2 Å². The van der Waals surface area contributed by atoms with Crippen LogP contribution in [-0.2, 0) is 6.18 Å². The van der Waals surface area contributed by atoms with Crippen molar-refractivity contribution in [1.29, 1.82) is 0 Å². The molecular formula is C19H18F4N4O3. The van der Waals surface area contributed by atoms with Crippen LogP contribution in [0.15, 0.2) is 6.20 Å². The van der Waals surface area contributed by atoms with Crippen LogP contribution in [0, 0.1) is 12.7 Å². The predicted octanol–water partition coefficient (Wildman–Crippen LogP) is 3.58. The molecule has 2 aromatic heterocycles. The van der Waals surface area contributed by atoms with Crippen LogP contribution >= 0.6 is 0 Å². The van der Waals surface area contributed by atoms with Gasteiger partial charge in [0, 0.05) is 11.9 Å². The first-order valence-corrected chi connectivity index (χ1v) is 9.60. The van der Waals surface area contributed by atoms with E-state index >= 15 is 0 Å². The van der Waals surface area contributed by atoms with Gasteiger partial charge >= 0.3 is 12.3 Å². The number of halogens is 4. The van der Waals surface area contributed by atoms with E-state index in [4.69, 9.17) is 4.74 Å². The minimum atomic E-state index is -4.81. The number of ether oxygens (including phenoxy) is 1. The predicted molar refractivity (Wildman–Crippen MR) is 97.1 cm³/mol. The zero-order valence-corrected chi connectivity index (χ0v) is 16.1. The fourth-order valence-corrected chi connectivity index (χ4v) is 5.34. The molecule has 160 valence electrons. The van der Waals surface area contributed by atoms with Gasteiger partial charge in [-0.15, -0.1) is 0 Å². The summed E-state index contributed by atoms with van der Waals surface area (Å²) < 4.78 is 61.9. The highest BCUT2D eigenvalue weighted by Crippen LogP contribution is 2.48. The van der Waals surface area contributed by atoms with Crippen LogP contribution in [0.1, 0.15) is 31.0 Å². The molecule has 2 aromatic rings. The standard InChI is InChI=1S/C19H18F4N4O3/c1-7-14(19(21,22)23)12-10(20)5-24-17-13(12)16(25-7)26-6-9-3-4-11(27(9)18(28)29)15(26)8(2)30-17/h5,8-9,11,15H,3-4,6H2,1-2H3,(H,28,29). The van der Waals surface area contributed by atoms with Crippen molar-refractivity contribution >= 4 is 22.7 Å². The Labute approximate surface area is 168 Å². The van der Waals surface area contributed by atoms with Crippen molar-refractivity contribution in [3.8, 4) is 5.88 Å². The van der Waals surface area contributed by atoms with Crippen molar-refractivity contribution in [2.45, 2.75) is 57.1 Å². The Morgan fingerprint density at radius 3 is 2.70 bits per heavy atom. The van der Waals surface area contributed by atoms with Gasteiger partial charge in [-0.25, -0.2) is 19.2 Å². The minimum Gasteiger partial charge on any atom is -0.472 e. The van der Waals surface area contributed by atoms with Crippen molar-refractivity contribution in [2.75, 3.05) is 11.4 Å². The van der Waals surface area contributed by atoms with Gasteiger partial charge in [0.25, 0.3) is 0 Å². The van der Waals surface area contributed by atoms with Gasteiger partial charge in [-0.2, -0.15) is 13.2 Å². The number of hydrogen-bond acceptors (Lipinski definition) is 5. The lowest BCUT2D eigenvalue weighted by molar-refractivity contribution is -0.137. The minimum absolute atomic E-state index is 0.120. The Kier molecular flexibility index (Phi) is 3.88. The Bertz CT molecular complexity index is 1080. The molecule has 2 fully saturated rings. The van der Waals surface area contributed by atoms with Crippen LogP contribution in [0.2, 0.25) is 0 Å². The summed E-state index contributed by atoms with van der Waals surface area (Å²) in [5, 5.41) is 8.93. The molecule has 0 spiro atoms. The Balaban J connectivity index is 1.80. The number of rotatable bonds is 0. The first-order valence-electron chi connectivity index (χ1n) is 9.60. The first kappa shape index (κ1) is 19.1. The second kappa shape index (κ2) is 6.08. The average Bonchev–Trinajstić information content (AvgIpc) is 2.89. The highest BCUT2D eigenvalue weighted by Gasteiger charge is 2.53. The maximum absolute atomic E-state index is 14.7. The zero-order chi connectivity index (χ0) is 21.5. The van der Waals surface area contributed by atoms with E-state index in [1.165, 1.54) is 11.8 Å². The summed E-state index contributed by atoms with van der Waals surface area (Å²) in [4.78, 5) is 23.2. The van der Waals surface area contributed by atoms with E-state index in [1.807, 2.05) is 0 Å². The molecule has 3 aliphatic heterocycles. The van der Waals surface area contributed by atoms with E-state index in [0.29, 0.717) is 12.8 Å². The first-order chi connectivity index (χ1) is 14.1. The highest BCUT2D eigenvalue weighted by molar-refractivity contribution is 6.00. The lowest BCUT2D eigenvalue weighted by Gasteiger charge is -2.47. The maximum atomic E-state index is 14.7. The van der Waals surface area contributed by atoms with Gasteiger partial charge < -0.3 is 14.7 Å². The Morgan fingerprint density at radius 1 is 1.30 bits per heavy atom. The van der Waals surface area contributed by atoms with Crippen molar-refractivity contribution in [3.63, 3.8) is 0 Å². The van der Waals surface area contributed by atoms with Gasteiger partial charge in [-0.05, 0) is 26.7 Å². The number of hydrogen-bond donors (Lipinski definition) is 1. The average molecular weight is 426 g/mol. The van der Waals surface area contributed by atoms with Crippen LogP contribution in [0.5, 0.6) is 5.88 Å². The van der Waals surface area contributed by atoms with E-state index in [2.05, 4.69) is 9.97 Å². The van der Waals surface area contributed by atoms with Crippen molar-refractivity contribution in [2.24, 2.45) is 0 Å². The molecule has 1 amide bonds. The molecule has 0 aliphatic carbocycles. The Morgan fingerprint density at radius 2 is 2.03 bits per heavy atom. The van der Waals surface area contributed by atoms with E-state index in [0.717, 1.165) is 6.20 Å². The molecule has 0 radical (unpaired) electrons. The van der Waals surface area contributed by atoms with Crippen LogP contribution in [0.3, 0.4) is 0 Å². The number of aryl methyl sites for hydroxylation is 1. The topological polar surface area (TPSA) is 78.8 Å². The van der Waals surface area contributed by atoms with Crippen LogP contribution in [-0.4, -0.2) is 56.8 Å². The third-order valence-corrected chi connectivity index (χ3v) is 6.37. The SMILES string of the molecule is Cc1nc2c3c(ncc(F)c3c1C(F)(F)F)OC(C)C1C3CCC(CN21)N3C(=O)O. The van der Waals surface area contributed by atoms with Gasteiger partial charge in [-0.1, -0.05) is 0 Å². The second-order valence-corrected chi connectivity index (χ2v) is 8.01. The van der Waals surface area contributed by atoms with E-state index in [-0.39, 0.29) is 35.4 Å². The molecule has 2 saturated heterocycles. The van der Waals surface area contributed by atoms with Gasteiger partial charge in [-0.3, -0.25) is 4.90 Å². The molecule has 7 nitrogen and oxygen atoms in total. The number of nitrogens with zero attached hydrogens (tertiary/aromatic N) is 4. The maximum Gasteiger partial charge on any atom is 0.418 e. The van der Waals surface area contributed by atoms with E-state index in [1.54, 1.807) is 11.8 Å². The highest BCUT2D eigenvalue weighted by atomic mass is 19.4. The normalized spacial score (nSPS) is 27.7. The fourth-order valence-electron chi connectivity index (χ4n) is 5.34. The Hall–Kier alpha value is -2.85. The molecule has 5 rings (SSSR count). The van der Waals surface area contributed by atoms with E-state index < -0.39 is 47.2 Å². The number of amides is 1. The lowest BCUT2D eigenvalue weighted by Crippen LogP contribution is -2.64. The number of carbonyl (C=O) groups is 1. The summed E-state index contributed by atoms with van der Waals surface area (Å²) in [6.07, 6.45) is -4.49. The van der Waals surface area contributed by atoms with Gasteiger partial charge in [0.05, 0.1) is 41.0 Å². The fraction of sp³-hybridized carbons (Fsp3) is 0.526. The summed E-state index contributed by atoms with van der Waals surface area (Å²) in [5.74, 6) is -1.07. The molecule has 4 atom stereocenters. The van der Waals surface area contributed by atoms with Crippen molar-refractivity contribution < 1.29 is 32.2 Å². The number of aromatic nitrogens is 2. The molecule has 2 bridgehead atoms.